The van der Waals surface area contributed by atoms with Gasteiger partial charge in [0.05, 0.1) is 17.1 Å². The summed E-state index contributed by atoms with van der Waals surface area (Å²) in [6, 6.07) is 3.80. The van der Waals surface area contributed by atoms with Crippen LogP contribution < -0.4 is 5.32 Å². The molecule has 0 aliphatic rings. The van der Waals surface area contributed by atoms with Gasteiger partial charge in [-0.25, -0.2) is 4.98 Å². The summed E-state index contributed by atoms with van der Waals surface area (Å²) in [5, 5.41) is 4.86. The first kappa shape index (κ1) is 11.4. The highest BCUT2D eigenvalue weighted by Crippen LogP contribution is 2.15. The first-order valence-corrected chi connectivity index (χ1v) is 7.18. The monoisotopic (exact) mass is 277 g/mol. The Balaban J connectivity index is 1.67. The van der Waals surface area contributed by atoms with Gasteiger partial charge < -0.3 is 5.32 Å². The third kappa shape index (κ3) is 2.16. The average Bonchev–Trinajstić information content (AvgIpc) is 3.00. The molecule has 0 radical (unpaired) electrons. The molecule has 3 aromatic heterocycles. The van der Waals surface area contributed by atoms with Gasteiger partial charge in [0.15, 0.2) is 4.96 Å². The molecule has 0 bridgehead atoms. The zero-order valence-electron chi connectivity index (χ0n) is 9.71. The number of carbonyl (C=O) groups is 1. The Morgan fingerprint density at radius 1 is 1.50 bits per heavy atom. The van der Waals surface area contributed by atoms with E-state index >= 15 is 0 Å². The summed E-state index contributed by atoms with van der Waals surface area (Å²) in [5.74, 6) is -0.0375. The molecule has 4 nitrogen and oxygen atoms in total. The third-order valence-electron chi connectivity index (χ3n) is 2.54. The Hall–Kier alpha value is -1.66. The Morgan fingerprint density at radius 3 is 3.11 bits per heavy atom. The number of hydrogen-bond acceptors (Lipinski definition) is 4. The fourth-order valence-corrected chi connectivity index (χ4v) is 3.18. The van der Waals surface area contributed by atoms with Gasteiger partial charge in [0, 0.05) is 22.7 Å². The SMILES string of the molecule is Cc1ccc(C(=O)NCc2cn3ccsc3n2)s1. The Kier molecular flexibility index (Phi) is 2.89. The molecule has 0 fully saturated rings. The molecule has 0 atom stereocenters. The van der Waals surface area contributed by atoms with Crippen LogP contribution >= 0.6 is 22.7 Å². The molecule has 92 valence electrons. The second-order valence-corrected chi connectivity index (χ2v) is 6.08. The number of amides is 1. The first-order valence-electron chi connectivity index (χ1n) is 5.48. The quantitative estimate of drug-likeness (QED) is 0.800. The van der Waals surface area contributed by atoms with E-state index in [-0.39, 0.29) is 5.91 Å². The van der Waals surface area contributed by atoms with Crippen LogP contribution in [0.5, 0.6) is 0 Å². The number of carbonyl (C=O) groups excluding carboxylic acids is 1. The highest BCUT2D eigenvalue weighted by atomic mass is 32.1. The van der Waals surface area contributed by atoms with Gasteiger partial charge in [-0.3, -0.25) is 9.20 Å². The molecule has 3 heterocycles. The maximum Gasteiger partial charge on any atom is 0.261 e. The first-order chi connectivity index (χ1) is 8.72. The minimum atomic E-state index is -0.0375. The summed E-state index contributed by atoms with van der Waals surface area (Å²) in [5.41, 5.74) is 0.878. The van der Waals surface area contributed by atoms with Gasteiger partial charge in [0.25, 0.3) is 5.91 Å². The van der Waals surface area contributed by atoms with Crippen molar-refractivity contribution in [1.29, 1.82) is 0 Å². The number of thiophene rings is 1. The molecule has 6 heteroatoms. The second kappa shape index (κ2) is 4.55. The zero-order valence-corrected chi connectivity index (χ0v) is 11.3. The highest BCUT2D eigenvalue weighted by molar-refractivity contribution is 7.15. The van der Waals surface area contributed by atoms with Crippen LogP contribution in [-0.2, 0) is 6.54 Å². The largest absolute Gasteiger partial charge is 0.346 e. The predicted octanol–water partition coefficient (Wildman–Crippen LogP) is 2.70. The lowest BCUT2D eigenvalue weighted by Crippen LogP contribution is -2.21. The lowest BCUT2D eigenvalue weighted by Gasteiger charge is -1.99. The summed E-state index contributed by atoms with van der Waals surface area (Å²) in [7, 11) is 0. The van der Waals surface area contributed by atoms with E-state index in [0.29, 0.717) is 6.54 Å². The van der Waals surface area contributed by atoms with Crippen LogP contribution in [0.1, 0.15) is 20.2 Å². The number of imidazole rings is 1. The molecule has 0 saturated carbocycles. The van der Waals surface area contributed by atoms with Crippen molar-refractivity contribution in [2.75, 3.05) is 0 Å². The van der Waals surface area contributed by atoms with Crippen molar-refractivity contribution in [3.63, 3.8) is 0 Å². The van der Waals surface area contributed by atoms with Gasteiger partial charge in [-0.1, -0.05) is 0 Å². The molecule has 0 aromatic carbocycles. The molecule has 0 aliphatic carbocycles. The highest BCUT2D eigenvalue weighted by Gasteiger charge is 2.09. The molecule has 0 unspecified atom stereocenters. The van der Waals surface area contributed by atoms with Gasteiger partial charge in [-0.15, -0.1) is 22.7 Å². The summed E-state index contributed by atoms with van der Waals surface area (Å²) in [6.45, 7) is 2.45. The van der Waals surface area contributed by atoms with Gasteiger partial charge in [-0.2, -0.15) is 0 Å². The smallest absolute Gasteiger partial charge is 0.261 e. The van der Waals surface area contributed by atoms with Crippen molar-refractivity contribution in [2.24, 2.45) is 0 Å². The minimum absolute atomic E-state index is 0.0375. The van der Waals surface area contributed by atoms with E-state index in [1.54, 1.807) is 11.3 Å². The van der Waals surface area contributed by atoms with Crippen LogP contribution in [0.2, 0.25) is 0 Å². The Bertz CT molecular complexity index is 666. The number of aromatic nitrogens is 2. The number of hydrogen-bond donors (Lipinski definition) is 1. The number of fused-ring (bicyclic) bond motifs is 1. The van der Waals surface area contributed by atoms with Crippen molar-refractivity contribution in [3.05, 3.63) is 45.4 Å². The van der Waals surface area contributed by atoms with Crippen LogP contribution in [-0.4, -0.2) is 15.3 Å². The van der Waals surface area contributed by atoms with Crippen molar-refractivity contribution < 1.29 is 4.79 Å². The second-order valence-electron chi connectivity index (χ2n) is 3.92. The molecule has 0 spiro atoms. The molecule has 1 N–H and O–H groups in total. The van der Waals surface area contributed by atoms with Crippen molar-refractivity contribution >= 4 is 33.5 Å². The lowest BCUT2D eigenvalue weighted by atomic mass is 10.4. The topological polar surface area (TPSA) is 46.4 Å². The van der Waals surface area contributed by atoms with E-state index < -0.39 is 0 Å². The number of rotatable bonds is 3. The lowest BCUT2D eigenvalue weighted by molar-refractivity contribution is 0.0954. The van der Waals surface area contributed by atoms with Gasteiger partial charge in [0.1, 0.15) is 0 Å². The standard InChI is InChI=1S/C12H11N3OS2/c1-8-2-3-10(18-8)11(16)13-6-9-7-15-4-5-17-12(15)14-9/h2-5,7H,6H2,1H3,(H,13,16). The Labute approximate surface area is 112 Å². The summed E-state index contributed by atoms with van der Waals surface area (Å²) >= 11 is 3.09. The molecular weight excluding hydrogens is 266 g/mol. The van der Waals surface area contributed by atoms with E-state index in [2.05, 4.69) is 10.3 Å². The molecule has 1 amide bonds. The third-order valence-corrected chi connectivity index (χ3v) is 4.31. The summed E-state index contributed by atoms with van der Waals surface area (Å²) < 4.78 is 1.96. The van der Waals surface area contributed by atoms with Crippen LogP contribution in [0.4, 0.5) is 0 Å². The van der Waals surface area contributed by atoms with E-state index in [9.17, 15) is 4.79 Å². The van der Waals surface area contributed by atoms with Crippen LogP contribution in [0, 0.1) is 6.92 Å². The molecule has 18 heavy (non-hydrogen) atoms. The number of aryl methyl sites for hydroxylation is 1. The molecule has 3 aromatic rings. The van der Waals surface area contributed by atoms with Gasteiger partial charge in [0.2, 0.25) is 0 Å². The summed E-state index contributed by atoms with van der Waals surface area (Å²) in [6.07, 6.45) is 3.90. The zero-order chi connectivity index (χ0) is 12.5. The van der Waals surface area contributed by atoms with Crippen molar-refractivity contribution in [1.82, 2.24) is 14.7 Å². The predicted molar refractivity (Wildman–Crippen MR) is 73.3 cm³/mol. The normalized spacial score (nSPS) is 10.9. The fourth-order valence-electron chi connectivity index (χ4n) is 1.68. The molecule has 3 rings (SSSR count). The van der Waals surface area contributed by atoms with Crippen LogP contribution in [0.3, 0.4) is 0 Å². The van der Waals surface area contributed by atoms with E-state index in [4.69, 9.17) is 0 Å². The fraction of sp³-hybridized carbons (Fsp3) is 0.167. The number of thiazole rings is 1. The van der Waals surface area contributed by atoms with Crippen molar-refractivity contribution in [2.45, 2.75) is 13.5 Å². The Morgan fingerprint density at radius 2 is 2.39 bits per heavy atom. The van der Waals surface area contributed by atoms with Crippen molar-refractivity contribution in [3.8, 4) is 0 Å². The molecular formula is C12H11N3OS2. The maximum absolute atomic E-state index is 11.9. The van der Waals surface area contributed by atoms with E-state index in [0.717, 1.165) is 20.4 Å². The van der Waals surface area contributed by atoms with Crippen LogP contribution in [0.25, 0.3) is 4.96 Å². The van der Waals surface area contributed by atoms with E-state index in [1.807, 2.05) is 41.2 Å². The molecule has 0 saturated heterocycles. The van der Waals surface area contributed by atoms with E-state index in [1.165, 1.54) is 11.3 Å². The number of nitrogens with one attached hydrogen (secondary N) is 1. The summed E-state index contributed by atoms with van der Waals surface area (Å²) in [4.78, 5) is 19.1. The minimum Gasteiger partial charge on any atom is -0.346 e. The molecule has 0 aliphatic heterocycles. The maximum atomic E-state index is 11.9. The van der Waals surface area contributed by atoms with Gasteiger partial charge in [-0.05, 0) is 19.1 Å². The average molecular weight is 277 g/mol. The van der Waals surface area contributed by atoms with Crippen LogP contribution in [0.15, 0.2) is 29.9 Å². The number of nitrogens with zero attached hydrogens (tertiary/aromatic N) is 2. The van der Waals surface area contributed by atoms with Gasteiger partial charge >= 0.3 is 0 Å².